The van der Waals surface area contributed by atoms with E-state index in [2.05, 4.69) is 230 Å². The van der Waals surface area contributed by atoms with Gasteiger partial charge in [0.2, 0.25) is 0 Å². The van der Waals surface area contributed by atoms with Crippen molar-refractivity contribution in [3.8, 4) is 22.3 Å². The number of fused-ring (bicyclic) bond motifs is 5. The van der Waals surface area contributed by atoms with Crippen molar-refractivity contribution in [2.24, 2.45) is 0 Å². The highest BCUT2D eigenvalue weighted by molar-refractivity contribution is 7.25. The molecule has 0 aliphatic carbocycles. The summed E-state index contributed by atoms with van der Waals surface area (Å²) < 4.78 is 2.77. The average Bonchev–Trinajstić information content (AvgIpc) is 3.61. The van der Waals surface area contributed by atoms with Crippen molar-refractivity contribution >= 4 is 53.1 Å². The second-order valence-corrected chi connectivity index (χ2v) is 16.0. The Kier molecular flexibility index (Phi) is 12.4. The molecular weight excluding hydrogens is 705 g/mol. The average molecular weight is 755 g/mol. The summed E-state index contributed by atoms with van der Waals surface area (Å²) in [6.45, 7) is 12.9. The standard InChI is InChI=1S/C22H18.C13H10S.C13H12.C8H10/c1-15-7-5-9-18-10-6-12-20(21(15)18)22-16(2)13-14-17-8-3-4-11-19(17)22;1-9-6-7-13-11(8-9)10-4-2-3-5-12(10)14-13;1-11-7-9-13(10-8-11)12-5-3-2-4-6-12;1-7-3-5-8(2)6-4-7/h3-14H,1-2H3;2-8H,1H3;2-10H,1H3;3-6H,1-2H3. The van der Waals surface area contributed by atoms with E-state index < -0.39 is 0 Å². The highest BCUT2D eigenvalue weighted by atomic mass is 32.1. The molecule has 0 aliphatic heterocycles. The van der Waals surface area contributed by atoms with Gasteiger partial charge >= 0.3 is 0 Å². The molecule has 57 heavy (non-hydrogen) atoms. The van der Waals surface area contributed by atoms with Crippen LogP contribution in [0.4, 0.5) is 0 Å². The smallest absolute Gasteiger partial charge is 0.0355 e. The van der Waals surface area contributed by atoms with E-state index in [-0.39, 0.29) is 0 Å². The molecule has 0 radical (unpaired) electrons. The molecule has 0 spiro atoms. The lowest BCUT2D eigenvalue weighted by Gasteiger charge is -2.15. The molecule has 0 amide bonds. The van der Waals surface area contributed by atoms with Crippen molar-refractivity contribution < 1.29 is 0 Å². The first-order chi connectivity index (χ1) is 27.7. The van der Waals surface area contributed by atoms with Crippen LogP contribution in [-0.4, -0.2) is 0 Å². The molecular formula is C56H50S. The van der Waals surface area contributed by atoms with Gasteiger partial charge in [-0.25, -0.2) is 0 Å². The van der Waals surface area contributed by atoms with Gasteiger partial charge < -0.3 is 0 Å². The minimum Gasteiger partial charge on any atom is -0.135 e. The zero-order valence-electron chi connectivity index (χ0n) is 33.9. The van der Waals surface area contributed by atoms with E-state index in [1.165, 1.54) is 97.4 Å². The molecule has 10 aromatic rings. The number of aryl methyl sites for hydroxylation is 6. The van der Waals surface area contributed by atoms with Crippen LogP contribution in [0.25, 0.3) is 64.0 Å². The minimum absolute atomic E-state index is 1.28. The molecule has 0 N–H and O–H groups in total. The maximum Gasteiger partial charge on any atom is 0.0355 e. The van der Waals surface area contributed by atoms with Crippen LogP contribution in [0.15, 0.2) is 194 Å². The summed E-state index contributed by atoms with van der Waals surface area (Å²) in [5, 5.41) is 8.09. The Morgan fingerprint density at radius 3 is 1.54 bits per heavy atom. The molecule has 0 saturated heterocycles. The largest absolute Gasteiger partial charge is 0.135 e. The third-order valence-corrected chi connectivity index (χ3v) is 11.6. The topological polar surface area (TPSA) is 0 Å². The van der Waals surface area contributed by atoms with Crippen LogP contribution in [0.5, 0.6) is 0 Å². The maximum atomic E-state index is 2.27. The zero-order chi connectivity index (χ0) is 39.7. The monoisotopic (exact) mass is 754 g/mol. The number of benzene rings is 9. The first-order valence-electron chi connectivity index (χ1n) is 19.8. The predicted octanol–water partition coefficient (Wildman–Crippen LogP) is 16.6. The van der Waals surface area contributed by atoms with E-state index in [9.17, 15) is 0 Å². The van der Waals surface area contributed by atoms with Gasteiger partial charge in [0.1, 0.15) is 0 Å². The van der Waals surface area contributed by atoms with E-state index in [1.807, 2.05) is 17.4 Å². The van der Waals surface area contributed by atoms with Crippen molar-refractivity contribution in [1.82, 2.24) is 0 Å². The molecule has 0 fully saturated rings. The molecule has 0 bridgehead atoms. The predicted molar refractivity (Wildman–Crippen MR) is 253 cm³/mol. The summed E-state index contributed by atoms with van der Waals surface area (Å²) >= 11 is 1.87. The van der Waals surface area contributed by atoms with E-state index in [4.69, 9.17) is 0 Å². The van der Waals surface area contributed by atoms with Gasteiger partial charge in [0.15, 0.2) is 0 Å². The summed E-state index contributed by atoms with van der Waals surface area (Å²) in [5.74, 6) is 0. The quantitative estimate of drug-likeness (QED) is 0.165. The molecule has 0 aliphatic rings. The maximum absolute atomic E-state index is 2.27. The fourth-order valence-corrected chi connectivity index (χ4v) is 8.41. The van der Waals surface area contributed by atoms with Gasteiger partial charge in [-0.3, -0.25) is 0 Å². The molecule has 0 nitrogen and oxygen atoms in total. The van der Waals surface area contributed by atoms with Crippen molar-refractivity contribution in [3.05, 3.63) is 228 Å². The van der Waals surface area contributed by atoms with Crippen molar-refractivity contribution in [2.75, 3.05) is 0 Å². The molecule has 0 unspecified atom stereocenters. The molecule has 280 valence electrons. The molecule has 0 saturated carbocycles. The van der Waals surface area contributed by atoms with Gasteiger partial charge in [-0.2, -0.15) is 0 Å². The summed E-state index contributed by atoms with van der Waals surface area (Å²) in [6, 6.07) is 69.0. The van der Waals surface area contributed by atoms with Crippen LogP contribution >= 0.6 is 11.3 Å². The highest BCUT2D eigenvalue weighted by Crippen LogP contribution is 2.38. The number of thiophene rings is 1. The van der Waals surface area contributed by atoms with E-state index in [0.717, 1.165) is 0 Å². The summed E-state index contributed by atoms with van der Waals surface area (Å²) in [6.07, 6.45) is 0. The number of rotatable bonds is 2. The lowest BCUT2D eigenvalue weighted by Crippen LogP contribution is -1.89. The number of hydrogen-bond acceptors (Lipinski definition) is 1. The Balaban J connectivity index is 0.000000123. The molecule has 1 heteroatoms. The van der Waals surface area contributed by atoms with Crippen LogP contribution < -0.4 is 0 Å². The lowest BCUT2D eigenvalue weighted by atomic mass is 9.89. The second kappa shape index (κ2) is 18.1. The van der Waals surface area contributed by atoms with Crippen LogP contribution in [0.3, 0.4) is 0 Å². The molecule has 1 heterocycles. The van der Waals surface area contributed by atoms with E-state index in [1.54, 1.807) is 0 Å². The van der Waals surface area contributed by atoms with Crippen LogP contribution in [-0.2, 0) is 0 Å². The third kappa shape index (κ3) is 9.41. The van der Waals surface area contributed by atoms with Crippen molar-refractivity contribution in [1.29, 1.82) is 0 Å². The first kappa shape index (κ1) is 39.0. The van der Waals surface area contributed by atoms with Gasteiger partial charge in [-0.15, -0.1) is 11.3 Å². The molecule has 0 atom stereocenters. The fourth-order valence-electron chi connectivity index (χ4n) is 7.33. The summed E-state index contributed by atoms with van der Waals surface area (Å²) in [4.78, 5) is 0. The Bertz CT molecular complexity index is 2850. The van der Waals surface area contributed by atoms with E-state index in [0.29, 0.717) is 0 Å². The fraction of sp³-hybridized carbons (Fsp3) is 0.107. The van der Waals surface area contributed by atoms with E-state index >= 15 is 0 Å². The Morgan fingerprint density at radius 2 is 0.842 bits per heavy atom. The second-order valence-electron chi connectivity index (χ2n) is 14.9. The molecule has 1 aromatic heterocycles. The Morgan fingerprint density at radius 1 is 0.316 bits per heavy atom. The van der Waals surface area contributed by atoms with Gasteiger partial charge in [-0.05, 0) is 115 Å². The van der Waals surface area contributed by atoms with Crippen LogP contribution in [0, 0.1) is 41.5 Å². The SMILES string of the molecule is Cc1ccc(-c2ccccc2)cc1.Cc1ccc(C)cc1.Cc1ccc2ccccc2c1-c1cccc2cccc(C)c12.Cc1ccc2sc3ccccc3c2c1. The lowest BCUT2D eigenvalue weighted by molar-refractivity contribution is 1.40. The van der Waals surface area contributed by atoms with Crippen molar-refractivity contribution in [3.63, 3.8) is 0 Å². The Hall–Kier alpha value is -6.28. The first-order valence-corrected chi connectivity index (χ1v) is 20.6. The Labute approximate surface area is 342 Å². The third-order valence-electron chi connectivity index (χ3n) is 10.4. The van der Waals surface area contributed by atoms with Gasteiger partial charge in [0.25, 0.3) is 0 Å². The van der Waals surface area contributed by atoms with Crippen LogP contribution in [0.2, 0.25) is 0 Å². The summed E-state index contributed by atoms with van der Waals surface area (Å²) in [7, 11) is 0. The van der Waals surface area contributed by atoms with Crippen LogP contribution in [0.1, 0.15) is 33.4 Å². The van der Waals surface area contributed by atoms with Gasteiger partial charge in [-0.1, -0.05) is 198 Å². The van der Waals surface area contributed by atoms with Crippen molar-refractivity contribution in [2.45, 2.75) is 41.5 Å². The highest BCUT2D eigenvalue weighted by Gasteiger charge is 2.11. The summed E-state index contributed by atoms with van der Waals surface area (Å²) in [5.41, 5.74) is 13.2. The molecule has 10 rings (SSSR count). The zero-order valence-corrected chi connectivity index (χ0v) is 34.7. The molecule has 9 aromatic carbocycles. The number of hydrogen-bond donors (Lipinski definition) is 0. The normalized spacial score (nSPS) is 10.6. The minimum atomic E-state index is 1.28. The van der Waals surface area contributed by atoms with Gasteiger partial charge in [0, 0.05) is 20.2 Å². The van der Waals surface area contributed by atoms with Gasteiger partial charge in [0.05, 0.1) is 0 Å².